The first-order valence-electron chi connectivity index (χ1n) is 6.65. The number of nitrogens with zero attached hydrogens (tertiary/aromatic N) is 1. The molecule has 2 aliphatic heterocycles. The zero-order valence-electron chi connectivity index (χ0n) is 10.4. The molecule has 0 bridgehead atoms. The first-order chi connectivity index (χ1) is 8.83. The Morgan fingerprint density at radius 1 is 1.28 bits per heavy atom. The molecule has 2 heterocycles. The van der Waals surface area contributed by atoms with Crippen LogP contribution in [0, 0.1) is 5.82 Å². The number of nitrogens with one attached hydrogen (secondary N) is 1. The van der Waals surface area contributed by atoms with E-state index in [-0.39, 0.29) is 12.0 Å². The summed E-state index contributed by atoms with van der Waals surface area (Å²) in [5, 5.41) is 3.36. The average Bonchev–Trinajstić information content (AvgIpc) is 2.90. The first kappa shape index (κ1) is 12.1. The van der Waals surface area contributed by atoms with Crippen LogP contribution in [0.25, 0.3) is 0 Å². The molecule has 0 radical (unpaired) electrons. The third-order valence-electron chi connectivity index (χ3n) is 3.88. The van der Waals surface area contributed by atoms with Crippen LogP contribution in [-0.2, 0) is 4.74 Å². The van der Waals surface area contributed by atoms with E-state index >= 15 is 0 Å². The van der Waals surface area contributed by atoms with E-state index in [0.717, 1.165) is 39.2 Å². The molecular formula is C14H19FN2O. The minimum absolute atomic E-state index is 0.159. The second-order valence-electron chi connectivity index (χ2n) is 5.06. The van der Waals surface area contributed by atoms with Crippen molar-refractivity contribution in [2.75, 3.05) is 32.8 Å². The fourth-order valence-corrected chi connectivity index (χ4v) is 2.84. The first-order valence-corrected chi connectivity index (χ1v) is 6.65. The Bertz CT molecular complexity index is 389. The molecule has 2 unspecified atom stereocenters. The van der Waals surface area contributed by atoms with Crippen molar-refractivity contribution >= 4 is 0 Å². The van der Waals surface area contributed by atoms with Crippen LogP contribution in [0.3, 0.4) is 0 Å². The van der Waals surface area contributed by atoms with Crippen molar-refractivity contribution in [3.8, 4) is 0 Å². The number of benzene rings is 1. The van der Waals surface area contributed by atoms with Crippen molar-refractivity contribution in [1.29, 1.82) is 0 Å². The largest absolute Gasteiger partial charge is 0.360 e. The SMILES string of the molecule is Fc1ccc(C2CCN(C3CNCCO3)C2)cc1. The van der Waals surface area contributed by atoms with E-state index < -0.39 is 0 Å². The summed E-state index contributed by atoms with van der Waals surface area (Å²) in [5.41, 5.74) is 1.24. The maximum atomic E-state index is 12.9. The fourth-order valence-electron chi connectivity index (χ4n) is 2.84. The van der Waals surface area contributed by atoms with Gasteiger partial charge in [-0.1, -0.05) is 12.1 Å². The molecule has 1 N–H and O–H groups in total. The molecule has 98 valence electrons. The number of likely N-dealkylation sites (tertiary alicyclic amines) is 1. The topological polar surface area (TPSA) is 24.5 Å². The van der Waals surface area contributed by atoms with E-state index in [1.807, 2.05) is 12.1 Å². The van der Waals surface area contributed by atoms with Crippen molar-refractivity contribution in [1.82, 2.24) is 10.2 Å². The smallest absolute Gasteiger partial charge is 0.123 e. The van der Waals surface area contributed by atoms with Gasteiger partial charge < -0.3 is 10.1 Å². The lowest BCUT2D eigenvalue weighted by Gasteiger charge is -2.31. The average molecular weight is 250 g/mol. The maximum Gasteiger partial charge on any atom is 0.123 e. The molecule has 4 heteroatoms. The van der Waals surface area contributed by atoms with Crippen molar-refractivity contribution < 1.29 is 9.13 Å². The zero-order chi connectivity index (χ0) is 12.4. The standard InChI is InChI=1S/C14H19FN2O/c15-13-3-1-11(2-4-13)12-5-7-17(10-12)14-9-16-6-8-18-14/h1-4,12,14,16H,5-10H2. The van der Waals surface area contributed by atoms with Gasteiger partial charge in [-0.05, 0) is 30.0 Å². The number of morpholine rings is 1. The Kier molecular flexibility index (Phi) is 3.59. The van der Waals surface area contributed by atoms with Crippen LogP contribution in [0.5, 0.6) is 0 Å². The van der Waals surface area contributed by atoms with Crippen LogP contribution < -0.4 is 5.32 Å². The van der Waals surface area contributed by atoms with E-state index in [2.05, 4.69) is 10.2 Å². The van der Waals surface area contributed by atoms with Gasteiger partial charge in [-0.15, -0.1) is 0 Å². The van der Waals surface area contributed by atoms with E-state index in [1.54, 1.807) is 12.1 Å². The van der Waals surface area contributed by atoms with Crippen molar-refractivity contribution in [3.05, 3.63) is 35.6 Å². The molecule has 2 fully saturated rings. The van der Waals surface area contributed by atoms with Crippen LogP contribution in [0.2, 0.25) is 0 Å². The van der Waals surface area contributed by atoms with Crippen LogP contribution in [0.15, 0.2) is 24.3 Å². The summed E-state index contributed by atoms with van der Waals surface area (Å²) in [4.78, 5) is 2.39. The summed E-state index contributed by atoms with van der Waals surface area (Å²) < 4.78 is 18.7. The van der Waals surface area contributed by atoms with Gasteiger partial charge in [0.25, 0.3) is 0 Å². The molecular weight excluding hydrogens is 231 g/mol. The highest BCUT2D eigenvalue weighted by Gasteiger charge is 2.30. The van der Waals surface area contributed by atoms with Gasteiger partial charge in [0.05, 0.1) is 6.61 Å². The van der Waals surface area contributed by atoms with Gasteiger partial charge in [-0.25, -0.2) is 4.39 Å². The number of rotatable bonds is 2. The van der Waals surface area contributed by atoms with E-state index in [0.29, 0.717) is 5.92 Å². The molecule has 2 atom stereocenters. The minimum atomic E-state index is -0.159. The lowest BCUT2D eigenvalue weighted by atomic mass is 9.99. The second-order valence-corrected chi connectivity index (χ2v) is 5.06. The van der Waals surface area contributed by atoms with E-state index in [1.165, 1.54) is 5.56 Å². The van der Waals surface area contributed by atoms with Gasteiger partial charge >= 0.3 is 0 Å². The molecule has 0 spiro atoms. The van der Waals surface area contributed by atoms with Crippen molar-refractivity contribution in [3.63, 3.8) is 0 Å². The zero-order valence-corrected chi connectivity index (χ0v) is 10.4. The highest BCUT2D eigenvalue weighted by Crippen LogP contribution is 2.28. The molecule has 2 saturated heterocycles. The number of ether oxygens (including phenoxy) is 1. The predicted molar refractivity (Wildman–Crippen MR) is 67.9 cm³/mol. The Labute approximate surface area is 107 Å². The van der Waals surface area contributed by atoms with Gasteiger partial charge in [-0.2, -0.15) is 0 Å². The molecule has 1 aromatic rings. The second kappa shape index (κ2) is 5.34. The molecule has 0 aromatic heterocycles. The number of halogens is 1. The summed E-state index contributed by atoms with van der Waals surface area (Å²) in [5.74, 6) is 0.351. The Hall–Kier alpha value is -0.970. The van der Waals surface area contributed by atoms with Crippen LogP contribution in [-0.4, -0.2) is 43.9 Å². The summed E-state index contributed by atoms with van der Waals surface area (Å²) >= 11 is 0. The van der Waals surface area contributed by atoms with E-state index in [4.69, 9.17) is 4.74 Å². The normalized spacial score (nSPS) is 29.6. The fraction of sp³-hybridized carbons (Fsp3) is 0.571. The quantitative estimate of drug-likeness (QED) is 0.862. The molecule has 1 aromatic carbocycles. The van der Waals surface area contributed by atoms with Gasteiger partial charge in [0.1, 0.15) is 12.0 Å². The molecule has 18 heavy (non-hydrogen) atoms. The minimum Gasteiger partial charge on any atom is -0.360 e. The molecule has 0 amide bonds. The summed E-state index contributed by atoms with van der Waals surface area (Å²) in [6.45, 7) is 4.73. The molecule has 3 nitrogen and oxygen atoms in total. The molecule has 0 aliphatic carbocycles. The third kappa shape index (κ3) is 2.55. The van der Waals surface area contributed by atoms with Gasteiger partial charge in [-0.3, -0.25) is 4.90 Å². The van der Waals surface area contributed by atoms with Gasteiger partial charge in [0.15, 0.2) is 0 Å². The Morgan fingerprint density at radius 2 is 2.11 bits per heavy atom. The van der Waals surface area contributed by atoms with Gasteiger partial charge in [0.2, 0.25) is 0 Å². The maximum absolute atomic E-state index is 12.9. The molecule has 0 saturated carbocycles. The van der Waals surface area contributed by atoms with Crippen molar-refractivity contribution in [2.24, 2.45) is 0 Å². The molecule has 2 aliphatic rings. The lowest BCUT2D eigenvalue weighted by molar-refractivity contribution is -0.0658. The Morgan fingerprint density at radius 3 is 2.83 bits per heavy atom. The molecule has 3 rings (SSSR count). The predicted octanol–water partition coefficient (Wildman–Crippen LogP) is 1.56. The van der Waals surface area contributed by atoms with Crippen molar-refractivity contribution in [2.45, 2.75) is 18.6 Å². The third-order valence-corrected chi connectivity index (χ3v) is 3.88. The summed E-state index contributed by atoms with van der Waals surface area (Å²) in [6.07, 6.45) is 1.34. The monoisotopic (exact) mass is 250 g/mol. The summed E-state index contributed by atoms with van der Waals surface area (Å²) in [6, 6.07) is 6.92. The number of hydrogen-bond acceptors (Lipinski definition) is 3. The number of hydrogen-bond donors (Lipinski definition) is 1. The van der Waals surface area contributed by atoms with Crippen LogP contribution >= 0.6 is 0 Å². The highest BCUT2D eigenvalue weighted by molar-refractivity contribution is 5.22. The summed E-state index contributed by atoms with van der Waals surface area (Å²) in [7, 11) is 0. The van der Waals surface area contributed by atoms with E-state index in [9.17, 15) is 4.39 Å². The lowest BCUT2D eigenvalue weighted by Crippen LogP contribution is -2.48. The Balaban J connectivity index is 1.62. The van der Waals surface area contributed by atoms with Gasteiger partial charge in [0, 0.05) is 26.2 Å². The highest BCUT2D eigenvalue weighted by atomic mass is 19.1. The van der Waals surface area contributed by atoms with Crippen LogP contribution in [0.1, 0.15) is 17.9 Å². The van der Waals surface area contributed by atoms with Crippen LogP contribution in [0.4, 0.5) is 4.39 Å².